The second-order valence-corrected chi connectivity index (χ2v) is 5.23. The van der Waals surface area contributed by atoms with E-state index in [1.807, 2.05) is 18.5 Å². The zero-order valence-corrected chi connectivity index (χ0v) is 11.0. The van der Waals surface area contributed by atoms with Gasteiger partial charge >= 0.3 is 0 Å². The molecule has 86 valence electrons. The molecule has 2 aromatic heterocycles. The van der Waals surface area contributed by atoms with Crippen molar-refractivity contribution in [3.8, 4) is 15.6 Å². The predicted molar refractivity (Wildman–Crippen MR) is 67.2 cm³/mol. The van der Waals surface area contributed by atoms with Gasteiger partial charge in [-0.05, 0) is 14.0 Å². The largest absolute Gasteiger partial charge is 0.496 e. The highest BCUT2D eigenvalue weighted by atomic mass is 32.1. The number of rotatable bonds is 4. The standard InChI is InChI=1S/C10H13N3OS2/c1-6(11-2)9-12-13-10(16-9)8-4-7(14-3)5-15-8/h4-6,11H,1-3H3. The number of hydrogen-bond acceptors (Lipinski definition) is 6. The normalized spacial score (nSPS) is 12.7. The van der Waals surface area contributed by atoms with Crippen molar-refractivity contribution < 1.29 is 4.74 Å². The summed E-state index contributed by atoms with van der Waals surface area (Å²) in [6, 6.07) is 2.23. The molecule has 16 heavy (non-hydrogen) atoms. The van der Waals surface area contributed by atoms with Gasteiger partial charge in [-0.1, -0.05) is 11.3 Å². The molecule has 2 heterocycles. The van der Waals surface area contributed by atoms with E-state index in [-0.39, 0.29) is 6.04 Å². The Hall–Kier alpha value is -0.980. The molecule has 0 saturated carbocycles. The van der Waals surface area contributed by atoms with Gasteiger partial charge in [-0.3, -0.25) is 0 Å². The minimum Gasteiger partial charge on any atom is -0.496 e. The Balaban J connectivity index is 2.24. The third kappa shape index (κ3) is 2.23. The number of ether oxygens (including phenoxy) is 1. The van der Waals surface area contributed by atoms with Crippen LogP contribution < -0.4 is 10.1 Å². The van der Waals surface area contributed by atoms with Crippen molar-refractivity contribution >= 4 is 22.7 Å². The van der Waals surface area contributed by atoms with Crippen LogP contribution in [0.3, 0.4) is 0 Å². The van der Waals surface area contributed by atoms with E-state index in [1.165, 1.54) is 0 Å². The third-order valence-electron chi connectivity index (χ3n) is 2.27. The maximum Gasteiger partial charge on any atom is 0.158 e. The van der Waals surface area contributed by atoms with Crippen molar-refractivity contribution in [2.24, 2.45) is 0 Å². The molecule has 0 aliphatic carbocycles. The predicted octanol–water partition coefficient (Wildman–Crippen LogP) is 2.56. The lowest BCUT2D eigenvalue weighted by molar-refractivity contribution is 0.417. The van der Waals surface area contributed by atoms with Crippen LogP contribution in [0.1, 0.15) is 18.0 Å². The number of nitrogens with one attached hydrogen (secondary N) is 1. The topological polar surface area (TPSA) is 47.0 Å². The van der Waals surface area contributed by atoms with Gasteiger partial charge in [-0.2, -0.15) is 0 Å². The molecule has 2 rings (SSSR count). The summed E-state index contributed by atoms with van der Waals surface area (Å²) >= 11 is 3.23. The number of thiophene rings is 1. The highest BCUT2D eigenvalue weighted by molar-refractivity contribution is 7.20. The first-order valence-corrected chi connectivity index (χ1v) is 6.57. The lowest BCUT2D eigenvalue weighted by Gasteiger charge is -2.02. The van der Waals surface area contributed by atoms with Gasteiger partial charge in [0.05, 0.1) is 18.0 Å². The molecule has 0 aromatic carbocycles. The van der Waals surface area contributed by atoms with Crippen molar-refractivity contribution in [1.82, 2.24) is 15.5 Å². The van der Waals surface area contributed by atoms with Crippen LogP contribution in [0.2, 0.25) is 0 Å². The number of hydrogen-bond donors (Lipinski definition) is 1. The van der Waals surface area contributed by atoms with Gasteiger partial charge in [0.25, 0.3) is 0 Å². The molecule has 6 heteroatoms. The number of aromatic nitrogens is 2. The van der Waals surface area contributed by atoms with Crippen LogP contribution in [-0.2, 0) is 0 Å². The first kappa shape index (κ1) is 11.5. The average molecular weight is 255 g/mol. The van der Waals surface area contributed by atoms with E-state index >= 15 is 0 Å². The summed E-state index contributed by atoms with van der Waals surface area (Å²) in [5.41, 5.74) is 0. The summed E-state index contributed by atoms with van der Waals surface area (Å²) in [5.74, 6) is 0.874. The number of nitrogens with zero attached hydrogens (tertiary/aromatic N) is 2. The quantitative estimate of drug-likeness (QED) is 0.912. The molecule has 0 aliphatic rings. The maximum absolute atomic E-state index is 5.15. The monoisotopic (exact) mass is 255 g/mol. The second-order valence-electron chi connectivity index (χ2n) is 3.31. The molecule has 4 nitrogen and oxygen atoms in total. The van der Waals surface area contributed by atoms with Crippen molar-refractivity contribution in [2.45, 2.75) is 13.0 Å². The summed E-state index contributed by atoms with van der Waals surface area (Å²) in [5, 5.41) is 15.4. The van der Waals surface area contributed by atoms with Crippen LogP contribution >= 0.6 is 22.7 Å². The highest BCUT2D eigenvalue weighted by Gasteiger charge is 2.12. The van der Waals surface area contributed by atoms with Gasteiger partial charge in [0.1, 0.15) is 10.8 Å². The summed E-state index contributed by atoms with van der Waals surface area (Å²) in [7, 11) is 3.58. The van der Waals surface area contributed by atoms with E-state index in [0.717, 1.165) is 20.6 Å². The van der Waals surface area contributed by atoms with Crippen LogP contribution in [0.25, 0.3) is 9.88 Å². The SMILES string of the molecule is CNC(C)c1nnc(-c2cc(OC)cs2)s1. The first-order chi connectivity index (χ1) is 7.74. The highest BCUT2D eigenvalue weighted by Crippen LogP contribution is 2.33. The summed E-state index contributed by atoms with van der Waals surface area (Å²) in [6.45, 7) is 2.07. The Kier molecular flexibility index (Phi) is 3.52. The molecule has 0 spiro atoms. The minimum absolute atomic E-state index is 0.244. The van der Waals surface area contributed by atoms with E-state index in [4.69, 9.17) is 4.74 Å². The number of methoxy groups -OCH3 is 1. The Morgan fingerprint density at radius 2 is 2.25 bits per heavy atom. The minimum atomic E-state index is 0.244. The van der Waals surface area contributed by atoms with Gasteiger partial charge in [-0.15, -0.1) is 21.5 Å². The van der Waals surface area contributed by atoms with E-state index in [9.17, 15) is 0 Å². The molecule has 0 fully saturated rings. The van der Waals surface area contributed by atoms with Gasteiger partial charge in [0.15, 0.2) is 5.01 Å². The van der Waals surface area contributed by atoms with Gasteiger partial charge in [0, 0.05) is 11.4 Å². The summed E-state index contributed by atoms with van der Waals surface area (Å²) in [6.07, 6.45) is 0. The molecule has 1 unspecified atom stereocenters. The molecule has 2 aromatic rings. The Bertz CT molecular complexity index is 466. The Morgan fingerprint density at radius 3 is 2.88 bits per heavy atom. The summed E-state index contributed by atoms with van der Waals surface area (Å²) < 4.78 is 5.15. The van der Waals surface area contributed by atoms with Gasteiger partial charge in [0.2, 0.25) is 0 Å². The maximum atomic E-state index is 5.15. The van der Waals surface area contributed by atoms with E-state index in [1.54, 1.807) is 29.8 Å². The Morgan fingerprint density at radius 1 is 1.44 bits per heavy atom. The zero-order chi connectivity index (χ0) is 11.5. The van der Waals surface area contributed by atoms with Crippen molar-refractivity contribution in [1.29, 1.82) is 0 Å². The van der Waals surface area contributed by atoms with Crippen LogP contribution in [0.5, 0.6) is 5.75 Å². The molecule has 0 amide bonds. The fourth-order valence-corrected chi connectivity index (χ4v) is 2.99. The molecule has 0 bridgehead atoms. The van der Waals surface area contributed by atoms with E-state index in [2.05, 4.69) is 22.4 Å². The lowest BCUT2D eigenvalue weighted by Crippen LogP contribution is -2.11. The van der Waals surface area contributed by atoms with Crippen LogP contribution in [0.15, 0.2) is 11.4 Å². The molecule has 0 saturated heterocycles. The van der Waals surface area contributed by atoms with Crippen molar-refractivity contribution in [3.05, 3.63) is 16.5 Å². The zero-order valence-electron chi connectivity index (χ0n) is 9.35. The molecule has 1 N–H and O–H groups in total. The van der Waals surface area contributed by atoms with Gasteiger partial charge in [-0.25, -0.2) is 0 Å². The molecule has 0 aliphatic heterocycles. The van der Waals surface area contributed by atoms with Crippen LogP contribution in [0, 0.1) is 0 Å². The van der Waals surface area contributed by atoms with E-state index in [0.29, 0.717) is 0 Å². The third-order valence-corrected chi connectivity index (χ3v) is 4.45. The van der Waals surface area contributed by atoms with Crippen molar-refractivity contribution in [3.63, 3.8) is 0 Å². The summed E-state index contributed by atoms with van der Waals surface area (Å²) in [4.78, 5) is 1.10. The fourth-order valence-electron chi connectivity index (χ4n) is 1.17. The molecular weight excluding hydrogens is 242 g/mol. The fraction of sp³-hybridized carbons (Fsp3) is 0.400. The van der Waals surface area contributed by atoms with E-state index < -0.39 is 0 Å². The van der Waals surface area contributed by atoms with Crippen molar-refractivity contribution in [2.75, 3.05) is 14.2 Å². The Labute approximate surface area is 102 Å². The second kappa shape index (κ2) is 4.90. The van der Waals surface area contributed by atoms with Crippen LogP contribution in [-0.4, -0.2) is 24.4 Å². The average Bonchev–Trinajstić information content (AvgIpc) is 2.95. The molecule has 0 radical (unpaired) electrons. The smallest absolute Gasteiger partial charge is 0.158 e. The lowest BCUT2D eigenvalue weighted by atomic mass is 10.4. The molecular formula is C10H13N3OS2. The molecule has 1 atom stereocenters. The van der Waals surface area contributed by atoms with Crippen LogP contribution in [0.4, 0.5) is 0 Å². The van der Waals surface area contributed by atoms with Gasteiger partial charge < -0.3 is 10.1 Å². The first-order valence-electron chi connectivity index (χ1n) is 4.88.